The Bertz CT molecular complexity index is 798. The molecule has 27 heavy (non-hydrogen) atoms. The van der Waals surface area contributed by atoms with E-state index in [-0.39, 0.29) is 11.8 Å². The van der Waals surface area contributed by atoms with Gasteiger partial charge in [-0.05, 0) is 12.1 Å². The van der Waals surface area contributed by atoms with E-state index in [9.17, 15) is 4.79 Å². The van der Waals surface area contributed by atoms with Crippen LogP contribution in [0, 0.1) is 5.92 Å². The van der Waals surface area contributed by atoms with Gasteiger partial charge in [0.2, 0.25) is 11.9 Å². The monoisotopic (exact) mass is 367 g/mol. The molecule has 0 radical (unpaired) electrons. The molecule has 2 aliphatic heterocycles. The van der Waals surface area contributed by atoms with E-state index >= 15 is 0 Å². The van der Waals surface area contributed by atoms with Gasteiger partial charge in [-0.3, -0.25) is 4.79 Å². The van der Waals surface area contributed by atoms with Crippen molar-refractivity contribution in [3.8, 4) is 0 Å². The summed E-state index contributed by atoms with van der Waals surface area (Å²) in [7, 11) is 1.66. The van der Waals surface area contributed by atoms with Gasteiger partial charge in [-0.2, -0.15) is 0 Å². The topological polar surface area (TPSA) is 70.6 Å². The first-order chi connectivity index (χ1) is 13.2. The molecule has 0 spiro atoms. The predicted octanol–water partition coefficient (Wildman–Crippen LogP) is 2.08. The lowest BCUT2D eigenvalue weighted by molar-refractivity contribution is -0.128. The Kier molecular flexibility index (Phi) is 5.20. The molecule has 1 aromatic carbocycles. The third-order valence-electron chi connectivity index (χ3n) is 5.19. The maximum Gasteiger partial charge on any atom is 0.223 e. The summed E-state index contributed by atoms with van der Waals surface area (Å²) in [5, 5.41) is 3.32. The number of nitrogens with zero attached hydrogens (tertiary/aromatic N) is 4. The molecule has 1 atom stereocenters. The highest BCUT2D eigenvalue weighted by atomic mass is 16.5. The van der Waals surface area contributed by atoms with Crippen LogP contribution in [0.25, 0.3) is 0 Å². The minimum Gasteiger partial charge on any atom is -0.383 e. The summed E-state index contributed by atoms with van der Waals surface area (Å²) in [6, 6.07) is 10.3. The molecule has 1 saturated heterocycles. The van der Waals surface area contributed by atoms with Gasteiger partial charge in [-0.1, -0.05) is 18.2 Å². The number of methoxy groups -OCH3 is 1. The Morgan fingerprint density at radius 1 is 1.30 bits per heavy atom. The maximum atomic E-state index is 12.0. The normalized spacial score (nSPS) is 18.9. The number of hydrogen-bond donors (Lipinski definition) is 1. The molecule has 1 amide bonds. The van der Waals surface area contributed by atoms with Gasteiger partial charge in [-0.15, -0.1) is 0 Å². The Hall–Kier alpha value is -2.67. The van der Waals surface area contributed by atoms with E-state index in [0.29, 0.717) is 32.1 Å². The number of aromatic nitrogens is 2. The number of fused-ring (bicyclic) bond motifs is 1. The summed E-state index contributed by atoms with van der Waals surface area (Å²) in [6.45, 7) is 3.63. The van der Waals surface area contributed by atoms with Crippen LogP contribution in [0.3, 0.4) is 0 Å². The summed E-state index contributed by atoms with van der Waals surface area (Å²) < 4.78 is 5.07. The minimum atomic E-state index is 0.201. The second-order valence-corrected chi connectivity index (χ2v) is 7.05. The average molecular weight is 367 g/mol. The van der Waals surface area contributed by atoms with Gasteiger partial charge in [0, 0.05) is 57.7 Å². The number of para-hydroxylation sites is 1. The van der Waals surface area contributed by atoms with Crippen LogP contribution in [0.5, 0.6) is 0 Å². The molecule has 1 aromatic heterocycles. The third kappa shape index (κ3) is 3.88. The molecule has 2 aromatic rings. The average Bonchev–Trinajstić information content (AvgIpc) is 3.28. The fourth-order valence-corrected chi connectivity index (χ4v) is 3.76. The van der Waals surface area contributed by atoms with Crippen molar-refractivity contribution in [1.29, 1.82) is 0 Å². The van der Waals surface area contributed by atoms with Gasteiger partial charge < -0.3 is 19.9 Å². The number of anilines is 3. The Morgan fingerprint density at radius 2 is 2.15 bits per heavy atom. The Balaban J connectivity index is 1.36. The number of carbonyl (C=O) groups is 1. The minimum absolute atomic E-state index is 0.201. The molecule has 1 N–H and O–H groups in total. The van der Waals surface area contributed by atoms with Gasteiger partial charge in [0.05, 0.1) is 24.2 Å². The number of rotatable bonds is 7. The van der Waals surface area contributed by atoms with Crippen LogP contribution >= 0.6 is 0 Å². The smallest absolute Gasteiger partial charge is 0.223 e. The highest BCUT2D eigenvalue weighted by Gasteiger charge is 2.29. The molecule has 7 nitrogen and oxygen atoms in total. The van der Waals surface area contributed by atoms with Crippen molar-refractivity contribution in [3.63, 3.8) is 0 Å². The lowest BCUT2D eigenvalue weighted by atomic mass is 10.1. The first-order valence-corrected chi connectivity index (χ1v) is 9.43. The first-order valence-electron chi connectivity index (χ1n) is 9.43. The molecule has 0 saturated carbocycles. The zero-order valence-electron chi connectivity index (χ0n) is 15.6. The number of ether oxygens (including phenoxy) is 1. The molecular formula is C20H25N5O2. The van der Waals surface area contributed by atoms with Crippen molar-refractivity contribution < 1.29 is 9.53 Å². The van der Waals surface area contributed by atoms with Crippen molar-refractivity contribution in [3.05, 3.63) is 42.2 Å². The molecule has 0 unspecified atom stereocenters. The van der Waals surface area contributed by atoms with Gasteiger partial charge in [0.25, 0.3) is 0 Å². The molecule has 4 rings (SSSR count). The summed E-state index contributed by atoms with van der Waals surface area (Å²) in [4.78, 5) is 25.3. The fourth-order valence-electron chi connectivity index (χ4n) is 3.76. The van der Waals surface area contributed by atoms with Gasteiger partial charge in [-0.25, -0.2) is 9.97 Å². The van der Waals surface area contributed by atoms with E-state index in [1.165, 1.54) is 5.69 Å². The van der Waals surface area contributed by atoms with Crippen molar-refractivity contribution in [2.45, 2.75) is 12.8 Å². The van der Waals surface area contributed by atoms with Crippen molar-refractivity contribution in [2.75, 3.05) is 50.1 Å². The van der Waals surface area contributed by atoms with Crippen LogP contribution in [0.1, 0.15) is 12.1 Å². The van der Waals surface area contributed by atoms with E-state index < -0.39 is 0 Å². The van der Waals surface area contributed by atoms with E-state index in [2.05, 4.69) is 27.3 Å². The second kappa shape index (κ2) is 7.92. The van der Waals surface area contributed by atoms with Crippen LogP contribution < -0.4 is 10.2 Å². The molecule has 7 heteroatoms. The van der Waals surface area contributed by atoms with Crippen molar-refractivity contribution in [1.82, 2.24) is 14.9 Å². The molecule has 0 bridgehead atoms. The van der Waals surface area contributed by atoms with E-state index in [1.807, 2.05) is 29.3 Å². The van der Waals surface area contributed by atoms with Gasteiger partial charge in [0.1, 0.15) is 0 Å². The number of benzene rings is 1. The lowest BCUT2D eigenvalue weighted by Gasteiger charge is -2.19. The molecule has 3 heterocycles. The zero-order chi connectivity index (χ0) is 18.6. The molecule has 0 aliphatic carbocycles. The highest BCUT2D eigenvalue weighted by molar-refractivity contribution is 5.78. The largest absolute Gasteiger partial charge is 0.383 e. The second-order valence-electron chi connectivity index (χ2n) is 7.05. The number of hydrogen-bond acceptors (Lipinski definition) is 6. The molecule has 142 valence electrons. The van der Waals surface area contributed by atoms with Crippen molar-refractivity contribution >= 4 is 23.2 Å². The SMILES string of the molecule is COCCN1C[C@@H](CNc2ncc3c(n2)CCN3c2ccccc2)CC1=O. The van der Waals surface area contributed by atoms with Crippen LogP contribution in [0.15, 0.2) is 36.5 Å². The number of amides is 1. The predicted molar refractivity (Wildman–Crippen MR) is 104 cm³/mol. The molecular weight excluding hydrogens is 342 g/mol. The third-order valence-corrected chi connectivity index (χ3v) is 5.19. The standard InChI is InChI=1S/C20H25N5O2/c1-27-10-9-24-14-15(11-19(24)26)12-21-20-22-13-18-17(23-20)7-8-25(18)16-5-3-2-4-6-16/h2-6,13,15H,7-12,14H2,1H3,(H,21,22,23)/t15-/m1/s1. The Labute approximate surface area is 159 Å². The van der Waals surface area contributed by atoms with Crippen LogP contribution in [-0.2, 0) is 16.0 Å². The van der Waals surface area contributed by atoms with Crippen LogP contribution in [0.4, 0.5) is 17.3 Å². The van der Waals surface area contributed by atoms with E-state index in [1.54, 1.807) is 7.11 Å². The van der Waals surface area contributed by atoms with E-state index in [4.69, 9.17) is 9.72 Å². The quantitative estimate of drug-likeness (QED) is 0.808. The summed E-state index contributed by atoms with van der Waals surface area (Å²) in [6.07, 6.45) is 3.38. The first kappa shape index (κ1) is 17.7. The number of nitrogens with one attached hydrogen (secondary N) is 1. The number of carbonyl (C=O) groups excluding carboxylic acids is 1. The van der Waals surface area contributed by atoms with Gasteiger partial charge in [0.15, 0.2) is 0 Å². The fraction of sp³-hybridized carbons (Fsp3) is 0.450. The van der Waals surface area contributed by atoms with Crippen LogP contribution in [0.2, 0.25) is 0 Å². The van der Waals surface area contributed by atoms with Crippen LogP contribution in [-0.4, -0.2) is 60.7 Å². The molecule has 2 aliphatic rings. The lowest BCUT2D eigenvalue weighted by Crippen LogP contribution is -2.29. The summed E-state index contributed by atoms with van der Waals surface area (Å²) >= 11 is 0. The molecule has 1 fully saturated rings. The highest BCUT2D eigenvalue weighted by Crippen LogP contribution is 2.33. The maximum absolute atomic E-state index is 12.0. The van der Waals surface area contributed by atoms with Gasteiger partial charge >= 0.3 is 0 Å². The van der Waals surface area contributed by atoms with E-state index in [0.717, 1.165) is 30.9 Å². The van der Waals surface area contributed by atoms with Crippen molar-refractivity contribution in [2.24, 2.45) is 5.92 Å². The summed E-state index contributed by atoms with van der Waals surface area (Å²) in [5.41, 5.74) is 3.32. The number of likely N-dealkylation sites (tertiary alicyclic amines) is 1. The Morgan fingerprint density at radius 3 is 2.96 bits per heavy atom. The summed E-state index contributed by atoms with van der Waals surface area (Å²) in [5.74, 6) is 1.13. The zero-order valence-corrected chi connectivity index (χ0v) is 15.6.